The summed E-state index contributed by atoms with van der Waals surface area (Å²) in [6.07, 6.45) is 1.49. The number of nitrogens with zero attached hydrogens (tertiary/aromatic N) is 2. The van der Waals surface area contributed by atoms with Crippen molar-refractivity contribution in [2.24, 2.45) is 4.99 Å². The largest absolute Gasteiger partial charge is 0.447 e. The molecule has 0 saturated carbocycles. The molecule has 1 heterocycles. The Labute approximate surface area is 119 Å². The van der Waals surface area contributed by atoms with Gasteiger partial charge in [-0.15, -0.1) is 0 Å². The summed E-state index contributed by atoms with van der Waals surface area (Å²) in [5.74, 6) is 0.542. The minimum Gasteiger partial charge on any atom is -0.447 e. The predicted molar refractivity (Wildman–Crippen MR) is 74.5 cm³/mol. The molecule has 0 aliphatic carbocycles. The van der Waals surface area contributed by atoms with Crippen LogP contribution >= 0.6 is 31.9 Å². The lowest BCUT2D eigenvalue weighted by Crippen LogP contribution is -1.86. The minimum atomic E-state index is -0.459. The van der Waals surface area contributed by atoms with Gasteiger partial charge >= 0.3 is 0 Å². The maximum atomic E-state index is 10.6. The van der Waals surface area contributed by atoms with Gasteiger partial charge in [-0.3, -0.25) is 15.1 Å². The number of nitro benzene ring substituents is 1. The number of rotatable bonds is 3. The lowest BCUT2D eigenvalue weighted by atomic mass is 10.3. The molecule has 92 valence electrons. The fourth-order valence-corrected chi connectivity index (χ4v) is 1.86. The van der Waals surface area contributed by atoms with E-state index in [0.29, 0.717) is 16.1 Å². The van der Waals surface area contributed by atoms with Crippen LogP contribution < -0.4 is 0 Å². The van der Waals surface area contributed by atoms with Crippen LogP contribution in [0.2, 0.25) is 0 Å². The standard InChI is InChI=1S/C11H6Br2N2O3/c12-10-5-9(18-11(10)13)6-14-7-2-1-3-8(4-7)15(16)17/h1-6H. The van der Waals surface area contributed by atoms with Gasteiger partial charge in [0.25, 0.3) is 5.69 Å². The molecular formula is C11H6Br2N2O3. The third kappa shape index (κ3) is 3.05. The summed E-state index contributed by atoms with van der Waals surface area (Å²) in [6, 6.07) is 7.81. The molecule has 0 fully saturated rings. The van der Waals surface area contributed by atoms with Crippen LogP contribution in [-0.4, -0.2) is 11.1 Å². The van der Waals surface area contributed by atoms with Crippen LogP contribution in [0.4, 0.5) is 11.4 Å². The average molecular weight is 374 g/mol. The molecule has 18 heavy (non-hydrogen) atoms. The molecule has 0 aliphatic rings. The molecule has 0 unspecified atom stereocenters. The topological polar surface area (TPSA) is 68.6 Å². The number of hydrogen-bond acceptors (Lipinski definition) is 4. The molecule has 2 rings (SSSR count). The first kappa shape index (κ1) is 13.0. The van der Waals surface area contributed by atoms with Crippen molar-refractivity contribution in [2.45, 2.75) is 0 Å². The smallest absolute Gasteiger partial charge is 0.271 e. The highest BCUT2D eigenvalue weighted by atomic mass is 79.9. The molecule has 7 heteroatoms. The maximum Gasteiger partial charge on any atom is 0.271 e. The van der Waals surface area contributed by atoms with Crippen molar-refractivity contribution in [3.63, 3.8) is 0 Å². The van der Waals surface area contributed by atoms with Crippen molar-refractivity contribution in [3.8, 4) is 0 Å². The number of nitro groups is 1. The molecule has 0 radical (unpaired) electrons. The molecule has 2 aromatic rings. The molecule has 0 saturated heterocycles. The van der Waals surface area contributed by atoms with Crippen LogP contribution in [0.25, 0.3) is 0 Å². The highest BCUT2D eigenvalue weighted by Crippen LogP contribution is 2.26. The average Bonchev–Trinajstić information content (AvgIpc) is 2.67. The highest BCUT2D eigenvalue weighted by molar-refractivity contribution is 9.13. The Morgan fingerprint density at radius 3 is 2.72 bits per heavy atom. The first-order valence-electron chi connectivity index (χ1n) is 4.79. The molecule has 1 aromatic carbocycles. The fraction of sp³-hybridized carbons (Fsp3) is 0. The maximum absolute atomic E-state index is 10.6. The molecule has 5 nitrogen and oxygen atoms in total. The fourth-order valence-electron chi connectivity index (χ4n) is 1.25. The molecular weight excluding hydrogens is 368 g/mol. The monoisotopic (exact) mass is 372 g/mol. The number of halogens is 2. The summed E-state index contributed by atoms with van der Waals surface area (Å²) >= 11 is 6.49. The van der Waals surface area contributed by atoms with Gasteiger partial charge in [-0.1, -0.05) is 6.07 Å². The van der Waals surface area contributed by atoms with Crippen LogP contribution in [0.3, 0.4) is 0 Å². The van der Waals surface area contributed by atoms with Crippen LogP contribution in [0.1, 0.15) is 5.76 Å². The summed E-state index contributed by atoms with van der Waals surface area (Å²) in [6.45, 7) is 0. The van der Waals surface area contributed by atoms with Gasteiger partial charge in [-0.2, -0.15) is 0 Å². The Kier molecular flexibility index (Phi) is 3.93. The summed E-state index contributed by atoms with van der Waals surface area (Å²) < 4.78 is 6.65. The van der Waals surface area contributed by atoms with Gasteiger partial charge in [0.2, 0.25) is 0 Å². The summed E-state index contributed by atoms with van der Waals surface area (Å²) in [7, 11) is 0. The Balaban J connectivity index is 2.23. The van der Waals surface area contributed by atoms with Crippen molar-refractivity contribution < 1.29 is 9.34 Å². The van der Waals surface area contributed by atoms with E-state index in [1.54, 1.807) is 18.2 Å². The minimum absolute atomic E-state index is 0.00598. The van der Waals surface area contributed by atoms with Crippen LogP contribution in [0.5, 0.6) is 0 Å². The number of aliphatic imine (C=N–C) groups is 1. The van der Waals surface area contributed by atoms with Gasteiger partial charge in [0.05, 0.1) is 21.3 Å². The first-order chi connectivity index (χ1) is 8.56. The number of benzene rings is 1. The van der Waals surface area contributed by atoms with Gasteiger partial charge in [0, 0.05) is 18.2 Å². The molecule has 0 amide bonds. The van der Waals surface area contributed by atoms with E-state index in [1.807, 2.05) is 0 Å². The zero-order valence-electron chi connectivity index (χ0n) is 8.84. The van der Waals surface area contributed by atoms with Gasteiger partial charge in [0.15, 0.2) is 4.67 Å². The number of hydrogen-bond donors (Lipinski definition) is 0. The first-order valence-corrected chi connectivity index (χ1v) is 6.38. The van der Waals surface area contributed by atoms with E-state index in [4.69, 9.17) is 4.42 Å². The van der Waals surface area contributed by atoms with E-state index in [9.17, 15) is 10.1 Å². The van der Waals surface area contributed by atoms with E-state index in [0.717, 1.165) is 4.47 Å². The Morgan fingerprint density at radius 2 is 2.11 bits per heavy atom. The molecule has 0 aliphatic heterocycles. The van der Waals surface area contributed by atoms with E-state index >= 15 is 0 Å². The van der Waals surface area contributed by atoms with E-state index in [2.05, 4.69) is 36.9 Å². The summed E-state index contributed by atoms with van der Waals surface area (Å²) in [5, 5.41) is 10.6. The normalized spacial score (nSPS) is 11.0. The highest BCUT2D eigenvalue weighted by Gasteiger charge is 2.06. The lowest BCUT2D eigenvalue weighted by Gasteiger charge is -1.93. The molecule has 0 N–H and O–H groups in total. The van der Waals surface area contributed by atoms with Gasteiger partial charge < -0.3 is 4.42 Å². The predicted octanol–water partition coefficient (Wildman–Crippen LogP) is 4.46. The van der Waals surface area contributed by atoms with Gasteiger partial charge in [-0.05, 0) is 37.9 Å². The zero-order valence-corrected chi connectivity index (χ0v) is 12.0. The quantitative estimate of drug-likeness (QED) is 0.453. The number of non-ortho nitro benzene ring substituents is 1. The van der Waals surface area contributed by atoms with E-state index in [1.165, 1.54) is 18.3 Å². The summed E-state index contributed by atoms with van der Waals surface area (Å²) in [5.41, 5.74) is 0.499. The third-order valence-corrected chi connectivity index (χ3v) is 3.76. The Hall–Kier alpha value is -1.47. The Morgan fingerprint density at radius 1 is 1.33 bits per heavy atom. The van der Waals surface area contributed by atoms with E-state index in [-0.39, 0.29) is 5.69 Å². The second kappa shape index (κ2) is 5.45. The van der Waals surface area contributed by atoms with Crippen LogP contribution in [0, 0.1) is 10.1 Å². The van der Waals surface area contributed by atoms with Crippen molar-refractivity contribution in [3.05, 3.63) is 55.3 Å². The van der Waals surface area contributed by atoms with Crippen molar-refractivity contribution in [1.82, 2.24) is 0 Å². The molecule has 0 atom stereocenters. The lowest BCUT2D eigenvalue weighted by molar-refractivity contribution is -0.384. The zero-order chi connectivity index (χ0) is 13.1. The SMILES string of the molecule is O=[N+]([O-])c1cccc(N=Cc2cc(Br)c(Br)o2)c1. The van der Waals surface area contributed by atoms with Crippen molar-refractivity contribution in [2.75, 3.05) is 0 Å². The molecule has 0 spiro atoms. The Bertz CT molecular complexity index is 603. The van der Waals surface area contributed by atoms with Crippen LogP contribution in [0.15, 0.2) is 48.9 Å². The summed E-state index contributed by atoms with van der Waals surface area (Å²) in [4.78, 5) is 14.2. The van der Waals surface area contributed by atoms with Crippen molar-refractivity contribution >= 4 is 49.4 Å². The third-order valence-electron chi connectivity index (χ3n) is 2.05. The molecule has 0 bridgehead atoms. The number of furan rings is 1. The van der Waals surface area contributed by atoms with E-state index < -0.39 is 4.92 Å². The van der Waals surface area contributed by atoms with Crippen molar-refractivity contribution in [1.29, 1.82) is 0 Å². The second-order valence-corrected chi connectivity index (χ2v) is 4.88. The van der Waals surface area contributed by atoms with Gasteiger partial charge in [-0.25, -0.2) is 0 Å². The molecule has 1 aromatic heterocycles. The van der Waals surface area contributed by atoms with Gasteiger partial charge in [0.1, 0.15) is 5.76 Å². The van der Waals surface area contributed by atoms with Crippen LogP contribution in [-0.2, 0) is 0 Å². The second-order valence-electron chi connectivity index (χ2n) is 3.31.